The number of ketones is 1. The van der Waals surface area contributed by atoms with Gasteiger partial charge in [0.2, 0.25) is 0 Å². The van der Waals surface area contributed by atoms with Crippen molar-refractivity contribution in [1.29, 1.82) is 0 Å². The van der Waals surface area contributed by atoms with Crippen molar-refractivity contribution in [3.63, 3.8) is 0 Å². The Morgan fingerprint density at radius 1 is 1.69 bits per heavy atom. The second-order valence-electron chi connectivity index (χ2n) is 4.53. The number of Topliss-reactive ketones (excluding diaryl/α,β-unsaturated/α-hetero) is 1. The Labute approximate surface area is 95.8 Å². The van der Waals surface area contributed by atoms with Gasteiger partial charge in [0.15, 0.2) is 5.78 Å². The first-order valence-corrected chi connectivity index (χ1v) is 5.81. The monoisotopic (exact) mass is 222 g/mol. The largest absolute Gasteiger partial charge is 0.381 e. The Morgan fingerprint density at radius 3 is 3.00 bits per heavy atom. The minimum Gasteiger partial charge on any atom is -0.381 e. The Kier molecular flexibility index (Phi) is 3.00. The highest BCUT2D eigenvalue weighted by Crippen LogP contribution is 2.43. The molecule has 0 aromatic rings. The summed E-state index contributed by atoms with van der Waals surface area (Å²) in [5, 5.41) is 10.4. The van der Waals surface area contributed by atoms with Crippen molar-refractivity contribution in [1.82, 2.24) is 0 Å². The molecular formula is C13H18O3. The zero-order valence-electron chi connectivity index (χ0n) is 9.56. The van der Waals surface area contributed by atoms with Crippen LogP contribution in [-0.4, -0.2) is 29.2 Å². The van der Waals surface area contributed by atoms with E-state index in [2.05, 4.69) is 6.58 Å². The van der Waals surface area contributed by atoms with E-state index < -0.39 is 5.60 Å². The van der Waals surface area contributed by atoms with Gasteiger partial charge in [-0.3, -0.25) is 4.79 Å². The van der Waals surface area contributed by atoms with Crippen molar-refractivity contribution in [2.45, 2.75) is 31.5 Å². The van der Waals surface area contributed by atoms with Gasteiger partial charge >= 0.3 is 0 Å². The van der Waals surface area contributed by atoms with Gasteiger partial charge in [-0.15, -0.1) is 6.58 Å². The van der Waals surface area contributed by atoms with Crippen molar-refractivity contribution in [2.24, 2.45) is 11.8 Å². The zero-order valence-corrected chi connectivity index (χ0v) is 9.56. The number of aliphatic hydroxyl groups is 1. The molecule has 4 atom stereocenters. The van der Waals surface area contributed by atoms with Gasteiger partial charge in [0.25, 0.3) is 0 Å². The van der Waals surface area contributed by atoms with E-state index in [4.69, 9.17) is 4.74 Å². The Balaban J connectivity index is 2.24. The summed E-state index contributed by atoms with van der Waals surface area (Å²) in [6.07, 6.45) is 6.45. The van der Waals surface area contributed by atoms with Crippen LogP contribution in [0, 0.1) is 11.8 Å². The number of hydrogen-bond donors (Lipinski definition) is 1. The van der Waals surface area contributed by atoms with Gasteiger partial charge < -0.3 is 9.84 Å². The van der Waals surface area contributed by atoms with Gasteiger partial charge in [0, 0.05) is 18.9 Å². The number of carbonyl (C=O) groups excluding carboxylic acids is 1. The lowest BCUT2D eigenvalue weighted by molar-refractivity contribution is -0.161. The standard InChI is InChI=1S/C13H18O3/c1-3-7-13(15)9-5-6-10(12(13)14)11(8-9)16-4-2/h3,5-6,9-11,15H,1,4,7-8H2,2H3/t9-,10+,11+,13+/m1/s1. The molecule has 0 unspecified atom stereocenters. The van der Waals surface area contributed by atoms with Gasteiger partial charge in [0.05, 0.1) is 12.0 Å². The second kappa shape index (κ2) is 4.15. The first kappa shape index (κ1) is 11.6. The van der Waals surface area contributed by atoms with E-state index in [0.717, 1.165) is 6.42 Å². The van der Waals surface area contributed by atoms with Crippen molar-refractivity contribution in [3.8, 4) is 0 Å². The normalized spacial score (nSPS) is 41.4. The lowest BCUT2D eigenvalue weighted by Gasteiger charge is -2.46. The van der Waals surface area contributed by atoms with E-state index in [9.17, 15) is 9.90 Å². The first-order chi connectivity index (χ1) is 7.63. The molecule has 0 aliphatic heterocycles. The van der Waals surface area contributed by atoms with Gasteiger partial charge in [0.1, 0.15) is 5.60 Å². The topological polar surface area (TPSA) is 46.5 Å². The van der Waals surface area contributed by atoms with E-state index in [1.807, 2.05) is 19.1 Å². The summed E-state index contributed by atoms with van der Waals surface area (Å²) in [4.78, 5) is 12.2. The lowest BCUT2D eigenvalue weighted by atomic mass is 9.62. The molecule has 3 heteroatoms. The van der Waals surface area contributed by atoms with Crippen LogP contribution in [-0.2, 0) is 9.53 Å². The van der Waals surface area contributed by atoms with Crippen LogP contribution in [0.15, 0.2) is 24.8 Å². The molecule has 0 aromatic heterocycles. The maximum Gasteiger partial charge on any atom is 0.174 e. The van der Waals surface area contributed by atoms with Crippen molar-refractivity contribution >= 4 is 5.78 Å². The van der Waals surface area contributed by atoms with Gasteiger partial charge in [-0.1, -0.05) is 18.2 Å². The molecule has 3 aliphatic rings. The predicted molar refractivity (Wildman–Crippen MR) is 60.9 cm³/mol. The maximum absolute atomic E-state index is 12.2. The first-order valence-electron chi connectivity index (χ1n) is 5.81. The Morgan fingerprint density at radius 2 is 2.44 bits per heavy atom. The van der Waals surface area contributed by atoms with Gasteiger partial charge in [-0.2, -0.15) is 0 Å². The van der Waals surface area contributed by atoms with Crippen molar-refractivity contribution in [3.05, 3.63) is 24.8 Å². The van der Waals surface area contributed by atoms with Gasteiger partial charge in [-0.05, 0) is 13.3 Å². The third-order valence-corrected chi connectivity index (χ3v) is 3.62. The average molecular weight is 222 g/mol. The maximum atomic E-state index is 12.2. The van der Waals surface area contributed by atoms with Gasteiger partial charge in [-0.25, -0.2) is 0 Å². The third kappa shape index (κ3) is 1.55. The molecule has 3 nitrogen and oxygen atoms in total. The van der Waals surface area contributed by atoms with Crippen LogP contribution in [0.5, 0.6) is 0 Å². The summed E-state index contributed by atoms with van der Waals surface area (Å²) in [5.41, 5.74) is -1.24. The van der Waals surface area contributed by atoms with Crippen LogP contribution < -0.4 is 0 Å². The molecule has 0 heterocycles. The minimum absolute atomic E-state index is 0.0578. The van der Waals surface area contributed by atoms with Crippen LogP contribution >= 0.6 is 0 Å². The summed E-state index contributed by atoms with van der Waals surface area (Å²) in [6.45, 7) is 6.13. The van der Waals surface area contributed by atoms with Crippen LogP contribution in [0.1, 0.15) is 19.8 Å². The average Bonchev–Trinajstić information content (AvgIpc) is 2.27. The molecule has 1 N–H and O–H groups in total. The van der Waals surface area contributed by atoms with Crippen LogP contribution in [0.3, 0.4) is 0 Å². The van der Waals surface area contributed by atoms with E-state index in [-0.39, 0.29) is 23.7 Å². The summed E-state index contributed by atoms with van der Waals surface area (Å²) in [7, 11) is 0. The molecular weight excluding hydrogens is 204 g/mol. The highest BCUT2D eigenvalue weighted by Gasteiger charge is 2.54. The Bertz CT molecular complexity index is 334. The number of rotatable bonds is 4. The molecule has 1 saturated carbocycles. The molecule has 3 rings (SSSR count). The molecule has 0 amide bonds. The van der Waals surface area contributed by atoms with Crippen molar-refractivity contribution < 1.29 is 14.6 Å². The zero-order chi connectivity index (χ0) is 11.8. The fraction of sp³-hybridized carbons (Fsp3) is 0.615. The molecule has 0 aromatic carbocycles. The second-order valence-corrected chi connectivity index (χ2v) is 4.53. The van der Waals surface area contributed by atoms with Crippen LogP contribution in [0.2, 0.25) is 0 Å². The number of ether oxygens (including phenoxy) is 1. The Hall–Kier alpha value is -0.930. The number of hydrogen-bond acceptors (Lipinski definition) is 3. The number of fused-ring (bicyclic) bond motifs is 2. The molecule has 3 aliphatic carbocycles. The van der Waals surface area contributed by atoms with E-state index in [1.165, 1.54) is 0 Å². The molecule has 2 bridgehead atoms. The molecule has 0 spiro atoms. The SMILES string of the molecule is C=CC[C@@]1(O)C(=O)[C@H]2C=C[C@@H]1C[C@@H]2OCC. The molecule has 88 valence electrons. The summed E-state index contributed by atoms with van der Waals surface area (Å²) in [5.74, 6) is -0.515. The highest BCUT2D eigenvalue weighted by atomic mass is 16.5. The third-order valence-electron chi connectivity index (χ3n) is 3.62. The molecule has 16 heavy (non-hydrogen) atoms. The molecule has 0 saturated heterocycles. The van der Waals surface area contributed by atoms with Crippen LogP contribution in [0.25, 0.3) is 0 Å². The summed E-state index contributed by atoms with van der Waals surface area (Å²) < 4.78 is 5.55. The summed E-state index contributed by atoms with van der Waals surface area (Å²) >= 11 is 0. The fourth-order valence-electron chi connectivity index (χ4n) is 2.79. The predicted octanol–water partition coefficient (Wildman–Crippen LogP) is 1.47. The smallest absolute Gasteiger partial charge is 0.174 e. The fourth-order valence-corrected chi connectivity index (χ4v) is 2.79. The quantitative estimate of drug-likeness (QED) is 0.733. The summed E-state index contributed by atoms with van der Waals surface area (Å²) in [6, 6.07) is 0. The number of carbonyl (C=O) groups is 1. The van der Waals surface area contributed by atoms with E-state index in [0.29, 0.717) is 13.0 Å². The highest BCUT2D eigenvalue weighted by molar-refractivity contribution is 5.94. The molecule has 1 fully saturated rings. The van der Waals surface area contributed by atoms with Crippen LogP contribution in [0.4, 0.5) is 0 Å². The van der Waals surface area contributed by atoms with E-state index >= 15 is 0 Å². The molecule has 0 radical (unpaired) electrons. The lowest BCUT2D eigenvalue weighted by Crippen LogP contribution is -2.58. The van der Waals surface area contributed by atoms with E-state index in [1.54, 1.807) is 6.08 Å². The minimum atomic E-state index is -1.24. The van der Waals surface area contributed by atoms with Crippen molar-refractivity contribution in [2.75, 3.05) is 6.61 Å².